The van der Waals surface area contributed by atoms with Crippen molar-refractivity contribution in [1.82, 2.24) is 9.80 Å². The van der Waals surface area contributed by atoms with Gasteiger partial charge >= 0.3 is 0 Å². The smallest absolute Gasteiger partial charge is 0.0594 e. The molecule has 5 aliphatic carbocycles. The molecule has 0 amide bonds. The third-order valence-electron chi connectivity index (χ3n) is 13.2. The summed E-state index contributed by atoms with van der Waals surface area (Å²) in [6.45, 7) is 10.2. The first kappa shape index (κ1) is 23.6. The molecule has 11 unspecified atom stereocenters. The average Bonchev–Trinajstić information content (AvgIpc) is 3.32. The molecule has 5 fully saturated rings. The van der Waals surface area contributed by atoms with Gasteiger partial charge in [-0.25, -0.2) is 0 Å². The standard InChI is InChI=1S/C28H50N2O2/c1-18(29(5)6)23-19(32)15-26(4)21-10-9-20-24(2,17-31)22(30(7)8)11-12-27(20)16-28(21,27)14-13-25(23,26)3/h18-23,31-32H,9-17H2,1-8H3. The van der Waals surface area contributed by atoms with Gasteiger partial charge in [-0.3, -0.25) is 0 Å². The van der Waals surface area contributed by atoms with Crippen molar-refractivity contribution in [3.05, 3.63) is 0 Å². The summed E-state index contributed by atoms with van der Waals surface area (Å²) in [6, 6.07) is 0.893. The zero-order valence-electron chi connectivity index (χ0n) is 22.1. The first-order valence-corrected chi connectivity index (χ1v) is 13.5. The molecular weight excluding hydrogens is 396 g/mol. The maximum absolute atomic E-state index is 11.4. The van der Waals surface area contributed by atoms with Gasteiger partial charge in [0.25, 0.3) is 0 Å². The van der Waals surface area contributed by atoms with Crippen LogP contribution < -0.4 is 0 Å². The van der Waals surface area contributed by atoms with Crippen LogP contribution in [-0.2, 0) is 0 Å². The van der Waals surface area contributed by atoms with Gasteiger partial charge in [0, 0.05) is 23.4 Å². The summed E-state index contributed by atoms with van der Waals surface area (Å²) in [5.74, 6) is 1.74. The van der Waals surface area contributed by atoms with Crippen LogP contribution >= 0.6 is 0 Å². The molecule has 0 aromatic carbocycles. The Hall–Kier alpha value is -0.160. The molecule has 0 aromatic heterocycles. The van der Waals surface area contributed by atoms with Crippen LogP contribution in [0, 0.1) is 44.8 Å². The molecule has 32 heavy (non-hydrogen) atoms. The molecule has 0 saturated heterocycles. The third kappa shape index (κ3) is 2.49. The van der Waals surface area contributed by atoms with Crippen molar-refractivity contribution in [1.29, 1.82) is 0 Å². The fraction of sp³-hybridized carbons (Fsp3) is 1.00. The highest BCUT2D eigenvalue weighted by Crippen LogP contribution is 2.89. The highest BCUT2D eigenvalue weighted by atomic mass is 16.3. The van der Waals surface area contributed by atoms with Gasteiger partial charge < -0.3 is 20.0 Å². The van der Waals surface area contributed by atoms with Crippen molar-refractivity contribution < 1.29 is 10.2 Å². The van der Waals surface area contributed by atoms with E-state index in [1.165, 1.54) is 44.9 Å². The Morgan fingerprint density at radius 3 is 2.09 bits per heavy atom. The topological polar surface area (TPSA) is 46.9 Å². The maximum atomic E-state index is 11.4. The predicted octanol–water partition coefficient (Wildman–Crippen LogP) is 4.25. The van der Waals surface area contributed by atoms with E-state index in [1.54, 1.807) is 0 Å². The zero-order chi connectivity index (χ0) is 23.5. The van der Waals surface area contributed by atoms with E-state index >= 15 is 0 Å². The normalized spacial score (nSPS) is 57.6. The lowest BCUT2D eigenvalue weighted by atomic mass is 9.41. The lowest BCUT2D eigenvalue weighted by molar-refractivity contribution is -0.162. The van der Waals surface area contributed by atoms with Gasteiger partial charge in [-0.05, 0) is 120 Å². The Labute approximate surface area is 197 Å². The molecular formula is C28H50N2O2. The minimum Gasteiger partial charge on any atom is -0.396 e. The molecule has 0 aliphatic heterocycles. The van der Waals surface area contributed by atoms with Crippen molar-refractivity contribution in [2.75, 3.05) is 34.8 Å². The SMILES string of the molecule is CC(C1C(O)CC2(C)C3CCC4C(C)(CO)C(N(C)C)CCC45CC35CCC12C)N(C)C. The van der Waals surface area contributed by atoms with Crippen molar-refractivity contribution >= 4 is 0 Å². The third-order valence-corrected chi connectivity index (χ3v) is 13.2. The summed E-state index contributed by atoms with van der Waals surface area (Å²) in [6.07, 6.45) is 9.94. The van der Waals surface area contributed by atoms with E-state index in [0.29, 0.717) is 41.4 Å². The van der Waals surface area contributed by atoms with Crippen molar-refractivity contribution in [2.24, 2.45) is 44.8 Å². The molecule has 0 radical (unpaired) electrons. The average molecular weight is 447 g/mol. The number of hydrogen-bond acceptors (Lipinski definition) is 4. The van der Waals surface area contributed by atoms with E-state index in [-0.39, 0.29) is 22.3 Å². The minimum absolute atomic E-state index is 0.00897. The first-order chi connectivity index (χ1) is 14.8. The van der Waals surface area contributed by atoms with Crippen LogP contribution in [0.3, 0.4) is 0 Å². The Morgan fingerprint density at radius 2 is 1.50 bits per heavy atom. The molecule has 5 saturated carbocycles. The summed E-state index contributed by atoms with van der Waals surface area (Å²) in [5, 5.41) is 22.1. The Balaban J connectivity index is 1.51. The lowest BCUT2D eigenvalue weighted by Crippen LogP contribution is -2.61. The van der Waals surface area contributed by atoms with Crippen LogP contribution in [0.2, 0.25) is 0 Å². The van der Waals surface area contributed by atoms with E-state index in [0.717, 1.165) is 12.3 Å². The van der Waals surface area contributed by atoms with Crippen LogP contribution in [0.4, 0.5) is 0 Å². The fourth-order valence-corrected chi connectivity index (χ4v) is 11.5. The molecule has 184 valence electrons. The summed E-state index contributed by atoms with van der Waals surface area (Å²) < 4.78 is 0. The number of nitrogens with zero attached hydrogens (tertiary/aromatic N) is 2. The van der Waals surface area contributed by atoms with Crippen LogP contribution in [0.5, 0.6) is 0 Å². The second-order valence-electron chi connectivity index (χ2n) is 14.2. The molecule has 0 aromatic rings. The maximum Gasteiger partial charge on any atom is 0.0594 e. The summed E-state index contributed by atoms with van der Waals surface area (Å²) in [5.41, 5.74) is 1.36. The summed E-state index contributed by atoms with van der Waals surface area (Å²) in [4.78, 5) is 4.73. The molecule has 4 nitrogen and oxygen atoms in total. The zero-order valence-corrected chi connectivity index (χ0v) is 22.1. The molecule has 4 heteroatoms. The van der Waals surface area contributed by atoms with E-state index in [4.69, 9.17) is 0 Å². The number of aliphatic hydroxyl groups excluding tert-OH is 2. The molecule has 11 atom stereocenters. The van der Waals surface area contributed by atoms with Gasteiger partial charge in [0.05, 0.1) is 12.7 Å². The Bertz CT molecular complexity index is 771. The number of fused-ring (bicyclic) bond motifs is 2. The second-order valence-corrected chi connectivity index (χ2v) is 14.2. The monoisotopic (exact) mass is 446 g/mol. The molecule has 2 N–H and O–H groups in total. The van der Waals surface area contributed by atoms with E-state index in [1.807, 2.05) is 0 Å². The highest BCUT2D eigenvalue weighted by molar-refractivity contribution is 5.31. The summed E-state index contributed by atoms with van der Waals surface area (Å²) >= 11 is 0. The molecule has 2 spiro atoms. The van der Waals surface area contributed by atoms with Gasteiger partial charge in [0.1, 0.15) is 0 Å². The van der Waals surface area contributed by atoms with Crippen LogP contribution in [0.15, 0.2) is 0 Å². The fourth-order valence-electron chi connectivity index (χ4n) is 11.5. The summed E-state index contributed by atoms with van der Waals surface area (Å²) in [7, 11) is 8.79. The molecule has 5 aliphatic rings. The number of aliphatic hydroxyl groups is 2. The van der Waals surface area contributed by atoms with Crippen LogP contribution in [0.1, 0.15) is 79.1 Å². The lowest BCUT2D eigenvalue weighted by Gasteiger charge is -2.64. The highest BCUT2D eigenvalue weighted by Gasteiger charge is 2.83. The Morgan fingerprint density at radius 1 is 0.875 bits per heavy atom. The van der Waals surface area contributed by atoms with Crippen LogP contribution in [-0.4, -0.2) is 73.0 Å². The number of hydrogen-bond donors (Lipinski definition) is 2. The van der Waals surface area contributed by atoms with E-state index in [9.17, 15) is 10.2 Å². The van der Waals surface area contributed by atoms with Crippen LogP contribution in [0.25, 0.3) is 0 Å². The van der Waals surface area contributed by atoms with Gasteiger partial charge in [-0.1, -0.05) is 20.8 Å². The largest absolute Gasteiger partial charge is 0.396 e. The van der Waals surface area contributed by atoms with Gasteiger partial charge in [-0.15, -0.1) is 0 Å². The molecule has 5 rings (SSSR count). The van der Waals surface area contributed by atoms with E-state index in [2.05, 4.69) is 65.7 Å². The quantitative estimate of drug-likeness (QED) is 0.678. The minimum atomic E-state index is -0.183. The van der Waals surface area contributed by atoms with Gasteiger partial charge in [-0.2, -0.15) is 0 Å². The predicted molar refractivity (Wildman–Crippen MR) is 130 cm³/mol. The Kier molecular flexibility index (Phi) is 5.12. The molecule has 0 heterocycles. The first-order valence-electron chi connectivity index (χ1n) is 13.5. The van der Waals surface area contributed by atoms with E-state index < -0.39 is 0 Å². The van der Waals surface area contributed by atoms with Crippen molar-refractivity contribution in [2.45, 2.75) is 97.2 Å². The van der Waals surface area contributed by atoms with Crippen molar-refractivity contribution in [3.8, 4) is 0 Å². The van der Waals surface area contributed by atoms with Gasteiger partial charge in [0.2, 0.25) is 0 Å². The van der Waals surface area contributed by atoms with Crippen molar-refractivity contribution in [3.63, 3.8) is 0 Å². The number of rotatable bonds is 4. The van der Waals surface area contributed by atoms with Gasteiger partial charge in [0.15, 0.2) is 0 Å². The second kappa shape index (κ2) is 6.95. The molecule has 0 bridgehead atoms.